The molecule has 2 aliphatic rings. The third-order valence-electron chi connectivity index (χ3n) is 5.22. The fourth-order valence-corrected chi connectivity index (χ4v) is 3.67. The Hall–Kier alpha value is -2.19. The molecule has 3 heterocycles. The average molecular weight is 386 g/mol. The largest absolute Gasteiger partial charge is 0.502 e. The Bertz CT molecular complexity index is 832. The summed E-state index contributed by atoms with van der Waals surface area (Å²) in [5.41, 5.74) is 0.733. The number of hydrogen-bond acceptors (Lipinski definition) is 7. The lowest BCUT2D eigenvalue weighted by Crippen LogP contribution is -2.38. The van der Waals surface area contributed by atoms with Gasteiger partial charge in [-0.15, -0.1) is 0 Å². The molecule has 1 aromatic carbocycles. The molecule has 7 nitrogen and oxygen atoms in total. The summed E-state index contributed by atoms with van der Waals surface area (Å²) < 4.78 is 17.2. The lowest BCUT2D eigenvalue weighted by molar-refractivity contribution is -0.0353. The number of morpholine rings is 2. The molecule has 1 atom stereocenters. The summed E-state index contributed by atoms with van der Waals surface area (Å²) in [4.78, 5) is 16.6. The topological polar surface area (TPSA) is 75.4 Å². The molecule has 28 heavy (non-hydrogen) atoms. The number of nitrogens with zero attached hydrogens (tertiary/aromatic N) is 2. The Balaban J connectivity index is 1.46. The molecule has 0 bridgehead atoms. The van der Waals surface area contributed by atoms with E-state index in [1.165, 1.54) is 6.07 Å². The van der Waals surface area contributed by atoms with Crippen LogP contribution < -0.4 is 5.43 Å². The Morgan fingerprint density at radius 3 is 2.54 bits per heavy atom. The Kier molecular flexibility index (Phi) is 6.07. The van der Waals surface area contributed by atoms with E-state index >= 15 is 0 Å². The predicted molar refractivity (Wildman–Crippen MR) is 103 cm³/mol. The Morgan fingerprint density at radius 1 is 1.00 bits per heavy atom. The van der Waals surface area contributed by atoms with Gasteiger partial charge in [0, 0.05) is 32.2 Å². The number of ether oxygens (including phenoxy) is 2. The van der Waals surface area contributed by atoms with Crippen LogP contribution in [0.5, 0.6) is 5.75 Å². The van der Waals surface area contributed by atoms with Crippen LogP contribution in [0.3, 0.4) is 0 Å². The number of hydrogen-bond donors (Lipinski definition) is 1. The van der Waals surface area contributed by atoms with E-state index < -0.39 is 5.43 Å². The second-order valence-electron chi connectivity index (χ2n) is 7.24. The van der Waals surface area contributed by atoms with Crippen LogP contribution in [-0.2, 0) is 22.6 Å². The van der Waals surface area contributed by atoms with Crippen molar-refractivity contribution < 1.29 is 19.0 Å². The molecule has 2 saturated heterocycles. The minimum Gasteiger partial charge on any atom is -0.502 e. The molecule has 4 rings (SSSR count). The summed E-state index contributed by atoms with van der Waals surface area (Å²) in [5.74, 6) is 0.602. The Morgan fingerprint density at radius 2 is 1.75 bits per heavy atom. The SMILES string of the molecule is O=c1cc(CN2CCOCC2)oc(CN2CCO[C@H](c3ccccc3)C2)c1O. The molecule has 2 aromatic rings. The van der Waals surface area contributed by atoms with Crippen LogP contribution in [0, 0.1) is 0 Å². The molecular weight excluding hydrogens is 360 g/mol. The van der Waals surface area contributed by atoms with Gasteiger partial charge in [0.1, 0.15) is 5.76 Å². The van der Waals surface area contributed by atoms with Crippen molar-refractivity contribution in [2.45, 2.75) is 19.2 Å². The zero-order chi connectivity index (χ0) is 19.3. The van der Waals surface area contributed by atoms with Crippen molar-refractivity contribution >= 4 is 0 Å². The molecule has 7 heteroatoms. The minimum atomic E-state index is -0.391. The summed E-state index contributed by atoms with van der Waals surface area (Å²) in [7, 11) is 0. The molecule has 0 aliphatic carbocycles. The summed E-state index contributed by atoms with van der Waals surface area (Å²) in [6, 6.07) is 11.5. The molecule has 150 valence electrons. The van der Waals surface area contributed by atoms with Crippen LogP contribution in [0.25, 0.3) is 0 Å². The van der Waals surface area contributed by atoms with Gasteiger partial charge in [-0.3, -0.25) is 14.6 Å². The predicted octanol–water partition coefficient (Wildman–Crippen LogP) is 1.75. The lowest BCUT2D eigenvalue weighted by Gasteiger charge is -2.33. The van der Waals surface area contributed by atoms with Gasteiger partial charge in [-0.1, -0.05) is 30.3 Å². The van der Waals surface area contributed by atoms with Crippen LogP contribution in [-0.4, -0.2) is 60.9 Å². The van der Waals surface area contributed by atoms with E-state index in [-0.39, 0.29) is 11.9 Å². The van der Waals surface area contributed by atoms with E-state index in [1.54, 1.807) is 0 Å². The smallest absolute Gasteiger partial charge is 0.227 e. The quantitative estimate of drug-likeness (QED) is 0.839. The molecule has 0 spiro atoms. The van der Waals surface area contributed by atoms with Crippen molar-refractivity contribution in [2.75, 3.05) is 46.0 Å². The first-order valence-electron chi connectivity index (χ1n) is 9.73. The number of aromatic hydroxyl groups is 1. The van der Waals surface area contributed by atoms with Gasteiger partial charge in [0.15, 0.2) is 5.76 Å². The van der Waals surface area contributed by atoms with Gasteiger partial charge in [-0.25, -0.2) is 0 Å². The van der Waals surface area contributed by atoms with Crippen LogP contribution in [0.15, 0.2) is 45.6 Å². The highest BCUT2D eigenvalue weighted by atomic mass is 16.5. The lowest BCUT2D eigenvalue weighted by atomic mass is 10.1. The third kappa shape index (κ3) is 4.62. The number of rotatable bonds is 5. The maximum absolute atomic E-state index is 12.2. The standard InChI is InChI=1S/C21H26N2O5/c24-18-12-17(13-22-6-9-26-10-7-22)28-20(21(18)25)15-23-8-11-27-19(14-23)16-4-2-1-3-5-16/h1-5,12,19,25H,6-11,13-15H2/t19-/m0/s1. The van der Waals surface area contributed by atoms with Crippen LogP contribution in [0.1, 0.15) is 23.2 Å². The monoisotopic (exact) mass is 386 g/mol. The highest BCUT2D eigenvalue weighted by molar-refractivity contribution is 5.25. The van der Waals surface area contributed by atoms with Crippen molar-refractivity contribution in [3.8, 4) is 5.75 Å². The second kappa shape index (κ2) is 8.87. The van der Waals surface area contributed by atoms with Crippen molar-refractivity contribution in [1.29, 1.82) is 0 Å². The zero-order valence-corrected chi connectivity index (χ0v) is 15.9. The molecule has 0 saturated carbocycles. The van der Waals surface area contributed by atoms with E-state index in [0.717, 1.165) is 25.2 Å². The maximum atomic E-state index is 12.2. The second-order valence-corrected chi connectivity index (χ2v) is 7.24. The van der Waals surface area contributed by atoms with Gasteiger partial charge in [0.05, 0.1) is 39.0 Å². The Labute approximate surface area is 164 Å². The summed E-state index contributed by atoms with van der Waals surface area (Å²) in [6.45, 7) is 5.91. The first-order valence-corrected chi connectivity index (χ1v) is 9.73. The van der Waals surface area contributed by atoms with Crippen molar-refractivity contribution in [1.82, 2.24) is 9.80 Å². The summed E-state index contributed by atoms with van der Waals surface area (Å²) in [6.07, 6.45) is -0.0275. The van der Waals surface area contributed by atoms with Crippen molar-refractivity contribution in [2.24, 2.45) is 0 Å². The molecule has 2 fully saturated rings. The highest BCUT2D eigenvalue weighted by Crippen LogP contribution is 2.25. The minimum absolute atomic E-state index is 0.0275. The van der Waals surface area contributed by atoms with Gasteiger partial charge < -0.3 is 19.0 Å². The fraction of sp³-hybridized carbons (Fsp3) is 0.476. The average Bonchev–Trinajstić information content (AvgIpc) is 2.73. The first-order chi connectivity index (χ1) is 13.7. The molecule has 2 aliphatic heterocycles. The van der Waals surface area contributed by atoms with Gasteiger partial charge in [0.25, 0.3) is 0 Å². The molecular formula is C21H26N2O5. The molecule has 0 amide bonds. The molecule has 1 aromatic heterocycles. The van der Waals surface area contributed by atoms with Gasteiger partial charge in [0.2, 0.25) is 11.2 Å². The van der Waals surface area contributed by atoms with Crippen LogP contribution in [0.2, 0.25) is 0 Å². The van der Waals surface area contributed by atoms with E-state index in [0.29, 0.717) is 51.0 Å². The van der Waals surface area contributed by atoms with E-state index in [1.807, 2.05) is 18.2 Å². The van der Waals surface area contributed by atoms with E-state index in [2.05, 4.69) is 21.9 Å². The number of benzene rings is 1. The summed E-state index contributed by atoms with van der Waals surface area (Å²) in [5, 5.41) is 10.2. The zero-order valence-electron chi connectivity index (χ0n) is 15.9. The first kappa shape index (κ1) is 19.1. The normalized spacial score (nSPS) is 21.6. The fourth-order valence-electron chi connectivity index (χ4n) is 3.67. The van der Waals surface area contributed by atoms with Crippen molar-refractivity contribution in [3.63, 3.8) is 0 Å². The van der Waals surface area contributed by atoms with Crippen LogP contribution >= 0.6 is 0 Å². The van der Waals surface area contributed by atoms with Gasteiger partial charge in [-0.2, -0.15) is 0 Å². The molecule has 1 N–H and O–H groups in total. The maximum Gasteiger partial charge on any atom is 0.227 e. The van der Waals surface area contributed by atoms with Gasteiger partial charge >= 0.3 is 0 Å². The van der Waals surface area contributed by atoms with Crippen LogP contribution in [0.4, 0.5) is 0 Å². The molecule has 0 unspecified atom stereocenters. The third-order valence-corrected chi connectivity index (χ3v) is 5.22. The summed E-state index contributed by atoms with van der Waals surface area (Å²) >= 11 is 0. The van der Waals surface area contributed by atoms with Crippen molar-refractivity contribution in [3.05, 3.63) is 63.7 Å². The van der Waals surface area contributed by atoms with Gasteiger partial charge in [-0.05, 0) is 5.56 Å². The molecule has 0 radical (unpaired) electrons. The van der Waals surface area contributed by atoms with E-state index in [4.69, 9.17) is 13.9 Å². The van der Waals surface area contributed by atoms with E-state index in [9.17, 15) is 9.90 Å². The highest BCUT2D eigenvalue weighted by Gasteiger charge is 2.24.